The lowest BCUT2D eigenvalue weighted by molar-refractivity contribution is 1.44. The van der Waals surface area contributed by atoms with E-state index in [9.17, 15) is 0 Å². The van der Waals surface area contributed by atoms with Crippen molar-refractivity contribution in [3.05, 3.63) is 29.8 Å². The van der Waals surface area contributed by atoms with Crippen molar-refractivity contribution in [2.75, 3.05) is 0 Å². The molecule has 1 aromatic rings. The van der Waals surface area contributed by atoms with Crippen molar-refractivity contribution < 1.29 is 0 Å². The fourth-order valence-electron chi connectivity index (χ4n) is 1.01. The summed E-state index contributed by atoms with van der Waals surface area (Å²) in [7, 11) is 4.33. The van der Waals surface area contributed by atoms with Gasteiger partial charge >= 0.3 is 0 Å². The van der Waals surface area contributed by atoms with Crippen molar-refractivity contribution in [1.29, 1.82) is 0 Å². The van der Waals surface area contributed by atoms with Crippen LogP contribution in [0.5, 0.6) is 0 Å². The molecule has 0 fully saturated rings. The third-order valence-electron chi connectivity index (χ3n) is 1.64. The Morgan fingerprint density at radius 2 is 1.89 bits per heavy atom. The quantitative estimate of drug-likeness (QED) is 0.416. The molecule has 0 atom stereocenters. The van der Waals surface area contributed by atoms with E-state index >= 15 is 0 Å². The molecule has 0 N–H and O–H groups in total. The molecule has 0 spiro atoms. The second-order valence-corrected chi connectivity index (χ2v) is 2.28. The summed E-state index contributed by atoms with van der Waals surface area (Å²) in [5.41, 5.74) is 2.86. The Morgan fingerprint density at radius 3 is 2.33 bits per heavy atom. The Hall–Kier alpha value is -0.650. The van der Waals surface area contributed by atoms with Gasteiger partial charge in [0.15, 0.2) is 0 Å². The van der Waals surface area contributed by atoms with E-state index in [-0.39, 0.29) is 0 Å². The molecule has 2 heteroatoms. The van der Waals surface area contributed by atoms with Gasteiger partial charge < -0.3 is 0 Å². The van der Waals surface area contributed by atoms with E-state index in [0.29, 0.717) is 0 Å². The summed E-state index contributed by atoms with van der Waals surface area (Å²) >= 11 is 0. The Morgan fingerprint density at radius 1 is 1.22 bits per heavy atom. The summed E-state index contributed by atoms with van der Waals surface area (Å²) in [4.78, 5) is 0. The topological polar surface area (TPSA) is 0 Å². The Bertz CT molecular complexity index is 196. The van der Waals surface area contributed by atoms with E-state index in [2.05, 4.69) is 40.0 Å². The number of hydrogen-bond donors (Lipinski definition) is 0. The molecule has 9 heavy (non-hydrogen) atoms. The fourth-order valence-corrected chi connectivity index (χ4v) is 1.01. The minimum atomic E-state index is 1.15. The summed E-state index contributed by atoms with van der Waals surface area (Å²) in [6.45, 7) is 0. The normalized spacial score (nSPS) is 9.33. The predicted octanol–water partition coefficient (Wildman–Crippen LogP) is -0.922. The first kappa shape index (κ1) is 6.47. The van der Waals surface area contributed by atoms with E-state index in [1.54, 1.807) is 0 Å². The molecule has 0 aromatic heterocycles. The lowest BCUT2D eigenvalue weighted by atomic mass is 9.84. The molecule has 0 bridgehead atoms. The second-order valence-electron chi connectivity index (χ2n) is 2.28. The van der Waals surface area contributed by atoms with Crippen LogP contribution in [0.4, 0.5) is 0 Å². The van der Waals surface area contributed by atoms with Crippen LogP contribution in [0.25, 0.3) is 0 Å². The number of benzene rings is 1. The van der Waals surface area contributed by atoms with E-state index in [0.717, 1.165) is 6.32 Å². The molecule has 0 radical (unpaired) electrons. The first-order chi connectivity index (χ1) is 4.34. The maximum atomic E-state index is 2.18. The highest BCUT2D eigenvalue weighted by Gasteiger charge is 1.89. The van der Waals surface area contributed by atoms with Crippen LogP contribution in [-0.2, 0) is 6.32 Å². The SMILES string of the molecule is BCc1ccccc1B. The number of rotatable bonds is 1. The summed E-state index contributed by atoms with van der Waals surface area (Å²) in [6, 6.07) is 8.49. The lowest BCUT2D eigenvalue weighted by Crippen LogP contribution is -2.08. The van der Waals surface area contributed by atoms with Crippen LogP contribution in [-0.4, -0.2) is 15.7 Å². The minimum absolute atomic E-state index is 1.15. The van der Waals surface area contributed by atoms with Gasteiger partial charge in [0, 0.05) is 0 Å². The molecular weight excluding hydrogens is 106 g/mol. The van der Waals surface area contributed by atoms with Gasteiger partial charge in [-0.25, -0.2) is 0 Å². The van der Waals surface area contributed by atoms with Crippen molar-refractivity contribution in [3.63, 3.8) is 0 Å². The molecule has 0 aliphatic carbocycles. The van der Waals surface area contributed by atoms with Crippen LogP contribution in [0.1, 0.15) is 5.56 Å². The van der Waals surface area contributed by atoms with Crippen molar-refractivity contribution >= 4 is 21.2 Å². The van der Waals surface area contributed by atoms with Gasteiger partial charge in [0.2, 0.25) is 0 Å². The zero-order chi connectivity index (χ0) is 6.69. The van der Waals surface area contributed by atoms with Crippen LogP contribution < -0.4 is 5.46 Å². The molecule has 0 saturated heterocycles. The van der Waals surface area contributed by atoms with Gasteiger partial charge in [-0.2, -0.15) is 0 Å². The van der Waals surface area contributed by atoms with Crippen LogP contribution in [0, 0.1) is 0 Å². The van der Waals surface area contributed by atoms with Crippen LogP contribution >= 0.6 is 0 Å². The molecular formula is C7H10B2. The molecule has 0 saturated carbocycles. The third-order valence-corrected chi connectivity index (χ3v) is 1.64. The highest BCUT2D eigenvalue weighted by atomic mass is 13.9. The highest BCUT2D eigenvalue weighted by Crippen LogP contribution is 1.91. The van der Waals surface area contributed by atoms with E-state index in [1.165, 1.54) is 11.0 Å². The first-order valence-corrected chi connectivity index (χ1v) is 3.39. The van der Waals surface area contributed by atoms with E-state index in [1.807, 2.05) is 0 Å². The smallest absolute Gasteiger partial charge is 0.0865 e. The van der Waals surface area contributed by atoms with Gasteiger partial charge in [0.05, 0.1) is 0 Å². The summed E-state index contributed by atoms with van der Waals surface area (Å²) < 4.78 is 0. The first-order valence-electron chi connectivity index (χ1n) is 3.39. The molecule has 0 nitrogen and oxygen atoms in total. The highest BCUT2D eigenvalue weighted by molar-refractivity contribution is 6.33. The van der Waals surface area contributed by atoms with Crippen molar-refractivity contribution in [2.45, 2.75) is 6.32 Å². The van der Waals surface area contributed by atoms with Crippen LogP contribution in [0.15, 0.2) is 24.3 Å². The Balaban J connectivity index is 3.01. The van der Waals surface area contributed by atoms with Crippen molar-refractivity contribution in [3.8, 4) is 0 Å². The second kappa shape index (κ2) is 2.77. The minimum Gasteiger partial charge on any atom is -0.0865 e. The summed E-state index contributed by atoms with van der Waals surface area (Å²) in [5.74, 6) is 0. The Labute approximate surface area is 58.1 Å². The van der Waals surface area contributed by atoms with Gasteiger partial charge in [-0.3, -0.25) is 0 Å². The Kier molecular flexibility index (Phi) is 1.99. The molecule has 1 rings (SSSR count). The van der Waals surface area contributed by atoms with E-state index < -0.39 is 0 Å². The zero-order valence-electron chi connectivity index (χ0n) is 6.02. The number of hydrogen-bond acceptors (Lipinski definition) is 0. The molecule has 0 amide bonds. The van der Waals surface area contributed by atoms with Gasteiger partial charge in [-0.15, -0.1) is 0 Å². The molecule has 0 aliphatic heterocycles. The van der Waals surface area contributed by atoms with Gasteiger partial charge in [0.1, 0.15) is 15.7 Å². The fraction of sp³-hybridized carbons (Fsp3) is 0.143. The third kappa shape index (κ3) is 1.38. The van der Waals surface area contributed by atoms with Gasteiger partial charge in [0.25, 0.3) is 0 Å². The molecule has 0 heterocycles. The lowest BCUT2D eigenvalue weighted by Gasteiger charge is -1.98. The standard InChI is InChI=1S/C7H10B2/c8-5-6-3-1-2-4-7(6)9/h1-4H,5,8-9H2. The molecule has 44 valence electrons. The summed E-state index contributed by atoms with van der Waals surface area (Å²) in [6.07, 6.45) is 1.15. The van der Waals surface area contributed by atoms with Crippen molar-refractivity contribution in [2.24, 2.45) is 0 Å². The van der Waals surface area contributed by atoms with Gasteiger partial charge in [-0.1, -0.05) is 41.6 Å². The molecule has 0 aliphatic rings. The largest absolute Gasteiger partial charge is 0.139 e. The maximum Gasteiger partial charge on any atom is 0.139 e. The predicted molar refractivity (Wildman–Crippen MR) is 46.9 cm³/mol. The van der Waals surface area contributed by atoms with Crippen LogP contribution in [0.2, 0.25) is 0 Å². The van der Waals surface area contributed by atoms with Gasteiger partial charge in [-0.05, 0) is 0 Å². The average molecular weight is 116 g/mol. The molecule has 1 aromatic carbocycles. The maximum absolute atomic E-state index is 2.18. The summed E-state index contributed by atoms with van der Waals surface area (Å²) in [5, 5.41) is 0. The van der Waals surface area contributed by atoms with Crippen LogP contribution in [0.3, 0.4) is 0 Å². The van der Waals surface area contributed by atoms with Crippen molar-refractivity contribution in [1.82, 2.24) is 0 Å². The van der Waals surface area contributed by atoms with E-state index in [4.69, 9.17) is 0 Å². The monoisotopic (exact) mass is 116 g/mol. The molecule has 0 unspecified atom stereocenters. The zero-order valence-corrected chi connectivity index (χ0v) is 6.02. The average Bonchev–Trinajstić information content (AvgIpc) is 1.89.